The van der Waals surface area contributed by atoms with Crippen molar-refractivity contribution in [1.82, 2.24) is 9.88 Å². The number of piperidine rings is 1. The van der Waals surface area contributed by atoms with Crippen molar-refractivity contribution in [2.45, 2.75) is 63.9 Å². The molecule has 0 spiro atoms. The Labute approximate surface area is 154 Å². The Morgan fingerprint density at radius 2 is 2.00 bits per heavy atom. The highest BCUT2D eigenvalue weighted by Gasteiger charge is 2.25. The van der Waals surface area contributed by atoms with Crippen LogP contribution in [0.4, 0.5) is 0 Å². The highest BCUT2D eigenvalue weighted by Crippen LogP contribution is 2.25. The molecule has 1 saturated carbocycles. The quantitative estimate of drug-likeness (QED) is 0.840. The number of amides is 1. The maximum Gasteiger partial charge on any atom is 0.303 e. The Morgan fingerprint density at radius 1 is 1.19 bits per heavy atom. The Morgan fingerprint density at radius 3 is 2.77 bits per heavy atom. The van der Waals surface area contributed by atoms with Crippen molar-refractivity contribution in [3.8, 4) is 5.88 Å². The number of carboxylic acids is 1. The molecule has 142 valence electrons. The van der Waals surface area contributed by atoms with Crippen LogP contribution in [0.3, 0.4) is 0 Å². The van der Waals surface area contributed by atoms with Crippen LogP contribution in [0.5, 0.6) is 5.88 Å². The molecule has 1 amide bonds. The zero-order valence-corrected chi connectivity index (χ0v) is 15.2. The van der Waals surface area contributed by atoms with Gasteiger partial charge in [0.15, 0.2) is 0 Å². The molecule has 0 aromatic carbocycles. The van der Waals surface area contributed by atoms with Crippen LogP contribution in [0, 0.1) is 5.92 Å². The summed E-state index contributed by atoms with van der Waals surface area (Å²) < 4.78 is 5.97. The molecule has 0 radical (unpaired) electrons. The van der Waals surface area contributed by atoms with Crippen molar-refractivity contribution >= 4 is 11.9 Å². The molecule has 1 unspecified atom stereocenters. The van der Waals surface area contributed by atoms with Gasteiger partial charge in [-0.3, -0.25) is 9.59 Å². The molecule has 2 fully saturated rings. The average molecular weight is 360 g/mol. The summed E-state index contributed by atoms with van der Waals surface area (Å²) in [5.74, 6) is 0.0128. The van der Waals surface area contributed by atoms with Crippen molar-refractivity contribution in [1.29, 1.82) is 0 Å². The zero-order chi connectivity index (χ0) is 18.4. The van der Waals surface area contributed by atoms with Gasteiger partial charge in [0, 0.05) is 37.3 Å². The summed E-state index contributed by atoms with van der Waals surface area (Å²) in [7, 11) is 0. The molecular formula is C20H28N2O4. The number of likely N-dealkylation sites (tertiary alicyclic amines) is 1. The minimum Gasteiger partial charge on any atom is -0.481 e. The standard InChI is InChI=1S/C20H28N2O4/c23-19(24)9-8-15-5-4-12-22(14-15)20(25)16-10-11-21-18(13-16)26-17-6-2-1-3-7-17/h10-11,13,15,17H,1-9,12,14H2,(H,23,24). The summed E-state index contributed by atoms with van der Waals surface area (Å²) in [6, 6.07) is 3.48. The monoisotopic (exact) mass is 360 g/mol. The predicted octanol–water partition coefficient (Wildman–Crippen LogP) is 3.51. The van der Waals surface area contributed by atoms with Gasteiger partial charge in [0.1, 0.15) is 6.10 Å². The normalized spacial score (nSPS) is 21.4. The van der Waals surface area contributed by atoms with E-state index in [0.29, 0.717) is 24.4 Å². The van der Waals surface area contributed by atoms with Crippen LogP contribution in [-0.4, -0.2) is 46.1 Å². The lowest BCUT2D eigenvalue weighted by Crippen LogP contribution is -2.40. The number of aromatic nitrogens is 1. The fraction of sp³-hybridized carbons (Fsp3) is 0.650. The Kier molecular flexibility index (Phi) is 6.47. The second-order valence-corrected chi connectivity index (χ2v) is 7.45. The summed E-state index contributed by atoms with van der Waals surface area (Å²) in [5.41, 5.74) is 0.602. The third kappa shape index (κ3) is 5.19. The third-order valence-electron chi connectivity index (χ3n) is 5.39. The van der Waals surface area contributed by atoms with Crippen molar-refractivity contribution in [2.75, 3.05) is 13.1 Å². The lowest BCUT2D eigenvalue weighted by molar-refractivity contribution is -0.137. The number of hydrogen-bond donors (Lipinski definition) is 1. The fourth-order valence-corrected chi connectivity index (χ4v) is 3.96. The minimum atomic E-state index is -0.771. The molecule has 6 heteroatoms. The number of hydrogen-bond acceptors (Lipinski definition) is 4. The number of aliphatic carboxylic acids is 1. The summed E-state index contributed by atoms with van der Waals surface area (Å²) in [6.07, 6.45) is 10.3. The van der Waals surface area contributed by atoms with E-state index in [1.165, 1.54) is 19.3 Å². The van der Waals surface area contributed by atoms with Gasteiger partial charge in [-0.2, -0.15) is 0 Å². The highest BCUT2D eigenvalue weighted by atomic mass is 16.5. The number of ether oxygens (including phenoxy) is 1. The van der Waals surface area contributed by atoms with E-state index in [4.69, 9.17) is 9.84 Å². The van der Waals surface area contributed by atoms with Gasteiger partial charge in [0.05, 0.1) is 0 Å². The topological polar surface area (TPSA) is 79.7 Å². The number of rotatable bonds is 6. The zero-order valence-electron chi connectivity index (χ0n) is 15.2. The van der Waals surface area contributed by atoms with Crippen LogP contribution >= 0.6 is 0 Å². The Hall–Kier alpha value is -2.11. The molecular weight excluding hydrogens is 332 g/mol. The van der Waals surface area contributed by atoms with Crippen LogP contribution in [0.15, 0.2) is 18.3 Å². The number of carboxylic acid groups (broad SMARTS) is 1. The van der Waals surface area contributed by atoms with E-state index < -0.39 is 5.97 Å². The number of pyridine rings is 1. The average Bonchev–Trinajstić information content (AvgIpc) is 2.67. The lowest BCUT2D eigenvalue weighted by atomic mass is 9.93. The molecule has 1 saturated heterocycles. The van der Waals surface area contributed by atoms with Crippen molar-refractivity contribution in [3.63, 3.8) is 0 Å². The Bertz CT molecular complexity index is 628. The van der Waals surface area contributed by atoms with Crippen molar-refractivity contribution < 1.29 is 19.4 Å². The number of carbonyl (C=O) groups excluding carboxylic acids is 1. The van der Waals surface area contributed by atoms with E-state index in [1.807, 2.05) is 4.90 Å². The van der Waals surface area contributed by atoms with Crippen LogP contribution in [0.1, 0.15) is 68.1 Å². The first-order valence-corrected chi connectivity index (χ1v) is 9.75. The molecule has 0 bridgehead atoms. The van der Waals surface area contributed by atoms with Crippen molar-refractivity contribution in [3.05, 3.63) is 23.9 Å². The van der Waals surface area contributed by atoms with E-state index >= 15 is 0 Å². The lowest BCUT2D eigenvalue weighted by Gasteiger charge is -2.32. The molecule has 1 atom stereocenters. The highest BCUT2D eigenvalue weighted by molar-refractivity contribution is 5.94. The summed E-state index contributed by atoms with van der Waals surface area (Å²) >= 11 is 0. The van der Waals surface area contributed by atoms with E-state index in [-0.39, 0.29) is 24.3 Å². The second-order valence-electron chi connectivity index (χ2n) is 7.45. The van der Waals surface area contributed by atoms with E-state index in [0.717, 1.165) is 32.2 Å². The van der Waals surface area contributed by atoms with Gasteiger partial charge < -0.3 is 14.7 Å². The molecule has 1 aromatic heterocycles. The third-order valence-corrected chi connectivity index (χ3v) is 5.39. The second kappa shape index (κ2) is 9.01. The molecule has 1 aliphatic heterocycles. The Balaban J connectivity index is 1.59. The fourth-order valence-electron chi connectivity index (χ4n) is 3.96. The molecule has 1 aromatic rings. The first kappa shape index (κ1) is 18.7. The van der Waals surface area contributed by atoms with Crippen molar-refractivity contribution in [2.24, 2.45) is 5.92 Å². The van der Waals surface area contributed by atoms with Crippen LogP contribution in [0.2, 0.25) is 0 Å². The van der Waals surface area contributed by atoms with Gasteiger partial charge in [-0.25, -0.2) is 4.98 Å². The van der Waals surface area contributed by atoms with Gasteiger partial charge in [0.2, 0.25) is 5.88 Å². The first-order chi connectivity index (χ1) is 12.6. The first-order valence-electron chi connectivity index (χ1n) is 9.75. The number of carbonyl (C=O) groups is 2. The van der Waals surface area contributed by atoms with Gasteiger partial charge in [-0.1, -0.05) is 6.42 Å². The van der Waals surface area contributed by atoms with Gasteiger partial charge in [-0.05, 0) is 56.9 Å². The number of nitrogens with zero attached hydrogens (tertiary/aromatic N) is 2. The minimum absolute atomic E-state index is 0.0130. The molecule has 1 aliphatic carbocycles. The van der Waals surface area contributed by atoms with Gasteiger partial charge >= 0.3 is 5.97 Å². The van der Waals surface area contributed by atoms with Gasteiger partial charge in [-0.15, -0.1) is 0 Å². The molecule has 26 heavy (non-hydrogen) atoms. The maximum absolute atomic E-state index is 12.9. The summed E-state index contributed by atoms with van der Waals surface area (Å²) in [5, 5.41) is 8.86. The summed E-state index contributed by atoms with van der Waals surface area (Å²) in [6.45, 7) is 1.36. The van der Waals surface area contributed by atoms with E-state index in [1.54, 1.807) is 18.3 Å². The molecule has 2 aliphatic rings. The van der Waals surface area contributed by atoms with Crippen LogP contribution in [0.25, 0.3) is 0 Å². The van der Waals surface area contributed by atoms with Gasteiger partial charge in [0.25, 0.3) is 5.91 Å². The largest absolute Gasteiger partial charge is 0.481 e. The molecule has 2 heterocycles. The predicted molar refractivity (Wildman–Crippen MR) is 97.2 cm³/mol. The summed E-state index contributed by atoms with van der Waals surface area (Å²) in [4.78, 5) is 29.7. The molecule has 3 rings (SSSR count). The van der Waals surface area contributed by atoms with Crippen LogP contribution < -0.4 is 4.74 Å². The van der Waals surface area contributed by atoms with Crippen LogP contribution in [-0.2, 0) is 4.79 Å². The molecule has 6 nitrogen and oxygen atoms in total. The SMILES string of the molecule is O=C(O)CCC1CCCN(C(=O)c2ccnc(OC3CCCCC3)c2)C1. The molecule has 1 N–H and O–H groups in total. The smallest absolute Gasteiger partial charge is 0.303 e. The van der Waals surface area contributed by atoms with E-state index in [9.17, 15) is 9.59 Å². The maximum atomic E-state index is 12.9. The van der Waals surface area contributed by atoms with E-state index in [2.05, 4.69) is 4.98 Å².